The van der Waals surface area contributed by atoms with E-state index in [4.69, 9.17) is 9.47 Å². The number of thioether (sulfide) groups is 1. The Morgan fingerprint density at radius 2 is 2.04 bits per heavy atom. The van der Waals surface area contributed by atoms with Crippen LogP contribution in [0.15, 0.2) is 52.0 Å². The number of para-hydroxylation sites is 1. The topological polar surface area (TPSA) is 59.9 Å². The molecule has 0 unspecified atom stereocenters. The third-order valence-corrected chi connectivity index (χ3v) is 4.71. The molecule has 0 aliphatic heterocycles. The van der Waals surface area contributed by atoms with Crippen molar-refractivity contribution in [2.45, 2.75) is 5.75 Å². The van der Waals surface area contributed by atoms with Crippen LogP contribution in [0, 0.1) is 0 Å². The zero-order valence-corrected chi connectivity index (χ0v) is 16.4. The first-order chi connectivity index (χ1) is 12.1. The number of methoxy groups -OCH3 is 2. The average Bonchev–Trinajstić information content (AvgIpc) is 2.61. The highest BCUT2D eigenvalue weighted by Crippen LogP contribution is 2.29. The molecule has 0 aromatic heterocycles. The predicted octanol–water partition coefficient (Wildman–Crippen LogP) is 3.85. The van der Waals surface area contributed by atoms with Crippen molar-refractivity contribution in [2.75, 3.05) is 20.0 Å². The molecule has 0 saturated carbocycles. The van der Waals surface area contributed by atoms with Crippen LogP contribution < -0.4 is 14.9 Å². The number of nitrogens with one attached hydrogen (secondary N) is 1. The van der Waals surface area contributed by atoms with Gasteiger partial charge in [0.25, 0.3) is 0 Å². The summed E-state index contributed by atoms with van der Waals surface area (Å²) >= 11 is 4.97. The zero-order valence-electron chi connectivity index (χ0n) is 14.0. The van der Waals surface area contributed by atoms with Crippen LogP contribution >= 0.6 is 27.7 Å². The molecule has 1 amide bonds. The molecule has 2 aromatic carbocycles. The second-order valence-electron chi connectivity index (χ2n) is 5.00. The quantitative estimate of drug-likeness (QED) is 0.518. The maximum atomic E-state index is 11.9. The molecule has 0 aliphatic carbocycles. The van der Waals surface area contributed by atoms with E-state index in [-0.39, 0.29) is 5.91 Å². The number of rotatable bonds is 8. The summed E-state index contributed by atoms with van der Waals surface area (Å²) in [6, 6.07) is 13.5. The second kappa shape index (κ2) is 10.1. The first-order valence-electron chi connectivity index (χ1n) is 7.49. The normalized spacial score (nSPS) is 10.7. The zero-order chi connectivity index (χ0) is 18.1. The van der Waals surface area contributed by atoms with E-state index in [0.29, 0.717) is 17.3 Å². The van der Waals surface area contributed by atoms with Crippen molar-refractivity contribution in [3.8, 4) is 11.5 Å². The lowest BCUT2D eigenvalue weighted by atomic mass is 10.2. The molecule has 2 aromatic rings. The number of carbonyl (C=O) groups is 1. The largest absolute Gasteiger partial charge is 0.493 e. The van der Waals surface area contributed by atoms with Gasteiger partial charge < -0.3 is 9.47 Å². The number of nitrogens with zero attached hydrogens (tertiary/aromatic N) is 1. The lowest BCUT2D eigenvalue weighted by Crippen LogP contribution is -2.19. The summed E-state index contributed by atoms with van der Waals surface area (Å²) in [5.74, 6) is 2.13. The van der Waals surface area contributed by atoms with Gasteiger partial charge in [-0.25, -0.2) is 5.43 Å². The van der Waals surface area contributed by atoms with Crippen LogP contribution in [0.2, 0.25) is 0 Å². The fourth-order valence-electron chi connectivity index (χ4n) is 2.11. The van der Waals surface area contributed by atoms with E-state index in [2.05, 4.69) is 26.5 Å². The van der Waals surface area contributed by atoms with Gasteiger partial charge in [-0.2, -0.15) is 5.10 Å². The maximum absolute atomic E-state index is 11.9. The van der Waals surface area contributed by atoms with Crippen LogP contribution in [-0.4, -0.2) is 32.1 Å². The molecule has 0 saturated heterocycles. The molecule has 0 aliphatic rings. The number of benzene rings is 2. The molecular formula is C18H19BrN2O3S. The van der Waals surface area contributed by atoms with Crippen LogP contribution in [0.4, 0.5) is 0 Å². The van der Waals surface area contributed by atoms with Crippen molar-refractivity contribution >= 4 is 39.8 Å². The lowest BCUT2D eigenvalue weighted by molar-refractivity contribution is -0.118. The van der Waals surface area contributed by atoms with Crippen molar-refractivity contribution in [1.82, 2.24) is 5.43 Å². The van der Waals surface area contributed by atoms with E-state index in [9.17, 15) is 4.79 Å². The molecule has 0 spiro atoms. The Hall–Kier alpha value is -1.99. The number of amides is 1. The first kappa shape index (κ1) is 19.3. The fourth-order valence-corrected chi connectivity index (χ4v) is 3.32. The molecule has 0 bridgehead atoms. The van der Waals surface area contributed by atoms with E-state index >= 15 is 0 Å². The summed E-state index contributed by atoms with van der Waals surface area (Å²) in [5.41, 5.74) is 4.41. The molecule has 0 heterocycles. The van der Waals surface area contributed by atoms with Gasteiger partial charge in [0.05, 0.1) is 26.2 Å². The standard InChI is InChI=1S/C18H19BrN2O3S/c1-23-16-8-4-6-14(18(16)24-2)10-20-21-17(22)12-25-11-13-5-3-7-15(19)9-13/h3-10H,11-12H2,1-2H3,(H,21,22)/b20-10-. The Labute approximate surface area is 159 Å². The van der Waals surface area contributed by atoms with Crippen molar-refractivity contribution in [1.29, 1.82) is 0 Å². The van der Waals surface area contributed by atoms with E-state index in [1.807, 2.05) is 36.4 Å². The van der Waals surface area contributed by atoms with Gasteiger partial charge in [0.1, 0.15) is 0 Å². The Kier molecular flexibility index (Phi) is 7.81. The number of hydrazone groups is 1. The number of hydrogen-bond acceptors (Lipinski definition) is 5. The summed E-state index contributed by atoms with van der Waals surface area (Å²) < 4.78 is 11.6. The van der Waals surface area contributed by atoms with Crippen molar-refractivity contribution in [2.24, 2.45) is 5.10 Å². The highest BCUT2D eigenvalue weighted by Gasteiger charge is 2.07. The third kappa shape index (κ3) is 6.10. The lowest BCUT2D eigenvalue weighted by Gasteiger charge is -2.09. The van der Waals surface area contributed by atoms with Crippen LogP contribution in [0.1, 0.15) is 11.1 Å². The van der Waals surface area contributed by atoms with Crippen LogP contribution in [-0.2, 0) is 10.5 Å². The van der Waals surface area contributed by atoms with Crippen LogP contribution in [0.25, 0.3) is 0 Å². The fraction of sp³-hybridized carbons (Fsp3) is 0.222. The monoisotopic (exact) mass is 422 g/mol. The van der Waals surface area contributed by atoms with E-state index in [1.54, 1.807) is 20.3 Å². The molecule has 132 valence electrons. The Balaban J connectivity index is 1.82. The molecule has 0 atom stereocenters. The van der Waals surface area contributed by atoms with Gasteiger partial charge in [-0.15, -0.1) is 11.8 Å². The smallest absolute Gasteiger partial charge is 0.250 e. The maximum Gasteiger partial charge on any atom is 0.250 e. The van der Waals surface area contributed by atoms with E-state index < -0.39 is 0 Å². The SMILES string of the molecule is COc1cccc(/C=N\NC(=O)CSCc2cccc(Br)c2)c1OC. The number of hydrogen-bond donors (Lipinski definition) is 1. The highest BCUT2D eigenvalue weighted by atomic mass is 79.9. The summed E-state index contributed by atoms with van der Waals surface area (Å²) in [5, 5.41) is 3.98. The number of ether oxygens (including phenoxy) is 2. The van der Waals surface area contributed by atoms with Gasteiger partial charge in [-0.05, 0) is 29.8 Å². The molecule has 7 heteroatoms. The molecule has 1 N–H and O–H groups in total. The van der Waals surface area contributed by atoms with Gasteiger partial charge in [0.15, 0.2) is 11.5 Å². The molecule has 5 nitrogen and oxygen atoms in total. The minimum atomic E-state index is -0.155. The second-order valence-corrected chi connectivity index (χ2v) is 6.90. The minimum Gasteiger partial charge on any atom is -0.493 e. The predicted molar refractivity (Wildman–Crippen MR) is 106 cm³/mol. The van der Waals surface area contributed by atoms with Gasteiger partial charge in [-0.1, -0.05) is 34.1 Å². The third-order valence-electron chi connectivity index (χ3n) is 3.22. The average molecular weight is 423 g/mol. The summed E-state index contributed by atoms with van der Waals surface area (Å²) in [6.45, 7) is 0. The minimum absolute atomic E-state index is 0.155. The van der Waals surface area contributed by atoms with Crippen LogP contribution in [0.5, 0.6) is 11.5 Å². The molecule has 0 radical (unpaired) electrons. The highest BCUT2D eigenvalue weighted by molar-refractivity contribution is 9.10. The van der Waals surface area contributed by atoms with Crippen molar-refractivity contribution in [3.05, 3.63) is 58.1 Å². The van der Waals surface area contributed by atoms with Gasteiger partial charge in [-0.3, -0.25) is 4.79 Å². The van der Waals surface area contributed by atoms with E-state index in [1.165, 1.54) is 18.0 Å². The van der Waals surface area contributed by atoms with Crippen molar-refractivity contribution < 1.29 is 14.3 Å². The van der Waals surface area contributed by atoms with Crippen molar-refractivity contribution in [3.63, 3.8) is 0 Å². The number of halogens is 1. The summed E-state index contributed by atoms with van der Waals surface area (Å²) in [7, 11) is 3.13. The molecule has 25 heavy (non-hydrogen) atoms. The summed E-state index contributed by atoms with van der Waals surface area (Å²) in [6.07, 6.45) is 1.54. The van der Waals surface area contributed by atoms with E-state index in [0.717, 1.165) is 21.4 Å². The summed E-state index contributed by atoms with van der Waals surface area (Å²) in [4.78, 5) is 11.9. The van der Waals surface area contributed by atoms with Crippen LogP contribution in [0.3, 0.4) is 0 Å². The Morgan fingerprint density at radius 1 is 1.24 bits per heavy atom. The molecular weight excluding hydrogens is 404 g/mol. The molecule has 0 fully saturated rings. The Morgan fingerprint density at radius 3 is 2.76 bits per heavy atom. The van der Waals surface area contributed by atoms with Gasteiger partial charge >= 0.3 is 0 Å². The molecule has 2 rings (SSSR count). The Bertz CT molecular complexity index is 753. The van der Waals surface area contributed by atoms with Gasteiger partial charge in [0.2, 0.25) is 5.91 Å². The number of carbonyl (C=O) groups excluding carboxylic acids is 1. The van der Waals surface area contributed by atoms with Gasteiger partial charge in [0, 0.05) is 15.8 Å². The first-order valence-corrected chi connectivity index (χ1v) is 9.44.